The van der Waals surface area contributed by atoms with E-state index in [0.29, 0.717) is 5.75 Å². The summed E-state index contributed by atoms with van der Waals surface area (Å²) in [5.74, 6) is 2.49. The summed E-state index contributed by atoms with van der Waals surface area (Å²) in [5.41, 5.74) is 5.54. The Kier molecular flexibility index (Phi) is 4.06. The lowest BCUT2D eigenvalue weighted by molar-refractivity contribution is 0.839. The van der Waals surface area contributed by atoms with Gasteiger partial charge in [0.05, 0.1) is 34.4 Å². The number of nitrogens with one attached hydrogen (secondary N) is 1. The smallest absolute Gasteiger partial charge is 0.237 e. The quantitative estimate of drug-likeness (QED) is 0.411. The summed E-state index contributed by atoms with van der Waals surface area (Å²) in [4.78, 5) is 8.06. The van der Waals surface area contributed by atoms with Crippen LogP contribution in [-0.4, -0.2) is 29.1 Å². The van der Waals surface area contributed by atoms with Crippen LogP contribution in [0.15, 0.2) is 84.0 Å². The van der Waals surface area contributed by atoms with Gasteiger partial charge in [-0.3, -0.25) is 4.40 Å². The molecule has 6 rings (SSSR count). The second-order valence-corrected chi connectivity index (χ2v) is 8.11. The van der Waals surface area contributed by atoms with Gasteiger partial charge in [-0.1, -0.05) is 66.4 Å². The molecule has 0 spiro atoms. The zero-order chi connectivity index (χ0) is 19.9. The number of imidazole rings is 2. The van der Waals surface area contributed by atoms with Crippen LogP contribution in [0.2, 0.25) is 0 Å². The highest BCUT2D eigenvalue weighted by molar-refractivity contribution is 7.98. The van der Waals surface area contributed by atoms with Gasteiger partial charge in [-0.05, 0) is 29.8 Å². The molecule has 0 bridgehead atoms. The number of hydrogen-bond acceptors (Lipinski definition) is 4. The largest absolute Gasteiger partial charge is 0.341 e. The molecule has 1 N–H and O–H groups in total. The Labute approximate surface area is 176 Å². The fourth-order valence-electron chi connectivity index (χ4n) is 3.86. The summed E-state index contributed by atoms with van der Waals surface area (Å²) in [6, 6.07) is 26.9. The number of aromatic amines is 1. The molecule has 146 valence electrons. The predicted octanol–water partition coefficient (Wildman–Crippen LogP) is 4.90. The summed E-state index contributed by atoms with van der Waals surface area (Å²) < 4.78 is 4.37. The molecule has 0 saturated carbocycles. The molecule has 0 amide bonds. The zero-order valence-electron chi connectivity index (χ0n) is 16.1. The number of thioether (sulfide) groups is 1. The second-order valence-electron chi connectivity index (χ2n) is 7.17. The highest BCUT2D eigenvalue weighted by atomic mass is 32.2. The Morgan fingerprint density at radius 2 is 1.57 bits per heavy atom. The van der Waals surface area contributed by atoms with Gasteiger partial charge >= 0.3 is 0 Å². The minimum Gasteiger partial charge on any atom is -0.341 e. The minimum absolute atomic E-state index is 0.702. The summed E-state index contributed by atoms with van der Waals surface area (Å²) in [6.07, 6.45) is 0. The lowest BCUT2D eigenvalue weighted by Crippen LogP contribution is -2.00. The third kappa shape index (κ3) is 2.86. The summed E-state index contributed by atoms with van der Waals surface area (Å²) in [5, 5.41) is 9.89. The monoisotopic (exact) mass is 410 g/mol. The molecule has 0 unspecified atom stereocenters. The lowest BCUT2D eigenvalue weighted by Gasteiger charge is -2.04. The van der Waals surface area contributed by atoms with E-state index in [4.69, 9.17) is 0 Å². The van der Waals surface area contributed by atoms with Gasteiger partial charge in [-0.15, -0.1) is 10.2 Å². The molecular weight excluding hydrogens is 392 g/mol. The molecular formula is C23H18N6S. The topological polar surface area (TPSA) is 63.8 Å². The van der Waals surface area contributed by atoms with E-state index >= 15 is 0 Å². The van der Waals surface area contributed by atoms with Gasteiger partial charge in [-0.25, -0.2) is 4.98 Å². The number of benzene rings is 3. The van der Waals surface area contributed by atoms with Crippen LogP contribution in [0.1, 0.15) is 11.4 Å². The molecule has 3 aromatic carbocycles. The van der Waals surface area contributed by atoms with Crippen molar-refractivity contribution < 1.29 is 0 Å². The molecule has 3 heterocycles. The lowest BCUT2D eigenvalue weighted by atomic mass is 10.2. The van der Waals surface area contributed by atoms with E-state index in [1.165, 1.54) is 5.56 Å². The molecule has 0 atom stereocenters. The third-order valence-corrected chi connectivity index (χ3v) is 6.17. The molecule has 0 aliphatic rings. The first-order chi connectivity index (χ1) is 14.9. The maximum atomic E-state index is 4.68. The maximum absolute atomic E-state index is 4.68. The van der Waals surface area contributed by atoms with Crippen LogP contribution in [-0.2, 0) is 12.3 Å². The van der Waals surface area contributed by atoms with Crippen molar-refractivity contribution in [2.75, 3.05) is 0 Å². The molecule has 30 heavy (non-hydrogen) atoms. The Balaban J connectivity index is 1.39. The van der Waals surface area contributed by atoms with E-state index in [9.17, 15) is 0 Å². The van der Waals surface area contributed by atoms with Crippen LogP contribution in [0.25, 0.3) is 27.8 Å². The molecule has 6 aromatic rings. The second kappa shape index (κ2) is 7.03. The average molecular weight is 411 g/mol. The fourth-order valence-corrected chi connectivity index (χ4v) is 4.67. The van der Waals surface area contributed by atoms with Crippen molar-refractivity contribution in [3.63, 3.8) is 0 Å². The first-order valence-electron chi connectivity index (χ1n) is 9.79. The van der Waals surface area contributed by atoms with Crippen molar-refractivity contribution in [1.29, 1.82) is 0 Å². The number of nitrogens with zero attached hydrogens (tertiary/aromatic N) is 5. The van der Waals surface area contributed by atoms with E-state index < -0.39 is 0 Å². The van der Waals surface area contributed by atoms with Gasteiger partial charge in [0.25, 0.3) is 0 Å². The van der Waals surface area contributed by atoms with Crippen LogP contribution in [0.3, 0.4) is 0 Å². The van der Waals surface area contributed by atoms with Gasteiger partial charge in [0, 0.05) is 0 Å². The number of hydrogen-bond donors (Lipinski definition) is 1. The number of rotatable bonds is 5. The van der Waals surface area contributed by atoms with E-state index in [1.807, 2.05) is 30.3 Å². The first-order valence-corrected chi connectivity index (χ1v) is 10.8. The van der Waals surface area contributed by atoms with E-state index in [1.54, 1.807) is 11.8 Å². The van der Waals surface area contributed by atoms with E-state index in [0.717, 1.165) is 45.4 Å². The number of fused-ring (bicyclic) bond motifs is 4. The van der Waals surface area contributed by atoms with Gasteiger partial charge in [0.15, 0.2) is 5.16 Å². The van der Waals surface area contributed by atoms with Gasteiger partial charge in [-0.2, -0.15) is 0 Å². The van der Waals surface area contributed by atoms with Crippen LogP contribution >= 0.6 is 11.8 Å². The SMILES string of the molecule is c1ccc(Cn2c3ccccc3n3c(SCc4nc5ccccc5[nH]4)nnc23)cc1. The molecule has 0 saturated heterocycles. The van der Waals surface area contributed by atoms with Crippen molar-refractivity contribution in [3.8, 4) is 0 Å². The molecule has 0 fully saturated rings. The molecule has 0 aliphatic carbocycles. The van der Waals surface area contributed by atoms with E-state index in [2.05, 4.69) is 77.7 Å². The molecule has 6 nitrogen and oxygen atoms in total. The third-order valence-electron chi connectivity index (χ3n) is 5.23. The highest BCUT2D eigenvalue weighted by Crippen LogP contribution is 2.28. The van der Waals surface area contributed by atoms with Gasteiger partial charge < -0.3 is 9.55 Å². The zero-order valence-corrected chi connectivity index (χ0v) is 16.9. The number of para-hydroxylation sites is 4. The van der Waals surface area contributed by atoms with Crippen LogP contribution in [0.5, 0.6) is 0 Å². The number of H-pyrrole nitrogens is 1. The first kappa shape index (κ1) is 17.3. The molecule has 7 heteroatoms. The van der Waals surface area contributed by atoms with Crippen molar-refractivity contribution in [2.45, 2.75) is 17.5 Å². The summed E-state index contributed by atoms with van der Waals surface area (Å²) in [6.45, 7) is 0.754. The van der Waals surface area contributed by atoms with Gasteiger partial charge in [0.1, 0.15) is 5.82 Å². The van der Waals surface area contributed by atoms with Crippen molar-refractivity contribution in [1.82, 2.24) is 29.1 Å². The van der Waals surface area contributed by atoms with E-state index in [-0.39, 0.29) is 0 Å². The van der Waals surface area contributed by atoms with Crippen molar-refractivity contribution in [3.05, 3.63) is 90.3 Å². The van der Waals surface area contributed by atoms with Crippen molar-refractivity contribution >= 4 is 39.6 Å². The van der Waals surface area contributed by atoms with Crippen LogP contribution in [0, 0.1) is 0 Å². The Bertz CT molecular complexity index is 1440. The standard InChI is InChI=1S/C23H18N6S/c1-2-8-16(9-3-1)14-28-19-12-6-7-13-20(19)29-22(28)26-27-23(29)30-15-21-24-17-10-4-5-11-18(17)25-21/h1-13H,14-15H2,(H,24,25). The molecule has 0 aliphatic heterocycles. The Morgan fingerprint density at radius 3 is 2.43 bits per heavy atom. The molecule has 0 radical (unpaired) electrons. The minimum atomic E-state index is 0.702. The fraction of sp³-hybridized carbons (Fsp3) is 0.0870. The number of aromatic nitrogens is 6. The maximum Gasteiger partial charge on any atom is 0.237 e. The normalized spacial score (nSPS) is 11.7. The Morgan fingerprint density at radius 1 is 0.800 bits per heavy atom. The summed E-state index contributed by atoms with van der Waals surface area (Å²) in [7, 11) is 0. The predicted molar refractivity (Wildman–Crippen MR) is 120 cm³/mol. The average Bonchev–Trinajstić information content (AvgIpc) is 3.47. The molecule has 3 aromatic heterocycles. The van der Waals surface area contributed by atoms with Crippen molar-refractivity contribution in [2.24, 2.45) is 0 Å². The van der Waals surface area contributed by atoms with Gasteiger partial charge in [0.2, 0.25) is 5.78 Å². The summed E-state index contributed by atoms with van der Waals surface area (Å²) >= 11 is 1.64. The highest BCUT2D eigenvalue weighted by Gasteiger charge is 2.17. The van der Waals surface area contributed by atoms with Crippen LogP contribution in [0.4, 0.5) is 0 Å². The van der Waals surface area contributed by atoms with Crippen LogP contribution < -0.4 is 0 Å². The Hall–Kier alpha value is -3.58.